The van der Waals surface area contributed by atoms with Gasteiger partial charge in [0.25, 0.3) is 11.8 Å². The molecular formula is C25H27N5O4. The molecule has 2 aliphatic heterocycles. The third-order valence-electron chi connectivity index (χ3n) is 6.26. The van der Waals surface area contributed by atoms with Crippen molar-refractivity contribution in [3.8, 4) is 0 Å². The quantitative estimate of drug-likeness (QED) is 0.586. The number of amides is 2. The van der Waals surface area contributed by atoms with Gasteiger partial charge >= 0.3 is 0 Å². The molecule has 0 aliphatic carbocycles. The molecule has 2 N–H and O–H groups in total. The summed E-state index contributed by atoms with van der Waals surface area (Å²) in [5, 5.41) is 10.1. The van der Waals surface area contributed by atoms with E-state index in [1.165, 1.54) is 7.11 Å². The lowest BCUT2D eigenvalue weighted by atomic mass is 10.1. The van der Waals surface area contributed by atoms with E-state index in [0.717, 1.165) is 35.6 Å². The van der Waals surface area contributed by atoms with Gasteiger partial charge in [-0.3, -0.25) is 14.7 Å². The third-order valence-corrected chi connectivity index (χ3v) is 6.26. The Labute approximate surface area is 197 Å². The minimum Gasteiger partial charge on any atom is -0.378 e. The summed E-state index contributed by atoms with van der Waals surface area (Å²) >= 11 is 0. The Morgan fingerprint density at radius 1 is 1.06 bits per heavy atom. The van der Waals surface area contributed by atoms with E-state index in [1.54, 1.807) is 4.90 Å². The maximum atomic E-state index is 13.1. The number of aromatic nitrogens is 2. The molecule has 0 radical (unpaired) electrons. The van der Waals surface area contributed by atoms with E-state index >= 15 is 0 Å². The zero-order chi connectivity index (χ0) is 23.5. The van der Waals surface area contributed by atoms with Crippen LogP contribution in [0, 0.1) is 0 Å². The van der Waals surface area contributed by atoms with Gasteiger partial charge in [0.1, 0.15) is 0 Å². The standard InChI is InChI=1S/C25H27N5O4/c1-33-22(17-5-3-2-4-6-17)25(32)30-15-20-21(16-30)27-28-23(20)26-24(31)18-7-9-19(10-8-18)29-11-13-34-14-12-29/h2-10,22H,11-16H2,1H3,(H2,26,27,28,31)/t22-/m1/s1. The number of nitrogens with zero attached hydrogens (tertiary/aromatic N) is 3. The summed E-state index contributed by atoms with van der Waals surface area (Å²) in [4.78, 5) is 29.9. The number of H-pyrrole nitrogens is 1. The fraction of sp³-hybridized carbons (Fsp3) is 0.320. The first-order chi connectivity index (χ1) is 16.6. The molecule has 1 atom stereocenters. The van der Waals surface area contributed by atoms with Gasteiger partial charge in [-0.05, 0) is 29.8 Å². The highest BCUT2D eigenvalue weighted by atomic mass is 16.5. The highest BCUT2D eigenvalue weighted by Gasteiger charge is 2.33. The fourth-order valence-corrected chi connectivity index (χ4v) is 4.40. The Hall–Kier alpha value is -3.69. The number of aromatic amines is 1. The van der Waals surface area contributed by atoms with Crippen molar-refractivity contribution >= 4 is 23.3 Å². The number of nitrogens with one attached hydrogen (secondary N) is 2. The second-order valence-corrected chi connectivity index (χ2v) is 8.35. The summed E-state index contributed by atoms with van der Waals surface area (Å²) in [7, 11) is 1.53. The molecule has 176 valence electrons. The molecule has 3 heterocycles. The summed E-state index contributed by atoms with van der Waals surface area (Å²) in [6.45, 7) is 3.84. The van der Waals surface area contributed by atoms with Gasteiger partial charge in [-0.15, -0.1) is 0 Å². The van der Waals surface area contributed by atoms with Gasteiger partial charge in [0.2, 0.25) is 0 Å². The molecule has 5 rings (SSSR count). The largest absolute Gasteiger partial charge is 0.378 e. The normalized spacial score (nSPS) is 16.3. The lowest BCUT2D eigenvalue weighted by Crippen LogP contribution is -2.36. The number of carbonyl (C=O) groups excluding carboxylic acids is 2. The number of hydrogen-bond acceptors (Lipinski definition) is 6. The molecule has 2 amide bonds. The van der Waals surface area contributed by atoms with E-state index in [2.05, 4.69) is 20.4 Å². The predicted octanol–water partition coefficient (Wildman–Crippen LogP) is 2.73. The molecule has 1 fully saturated rings. The van der Waals surface area contributed by atoms with E-state index in [4.69, 9.17) is 9.47 Å². The van der Waals surface area contributed by atoms with Gasteiger partial charge in [0.05, 0.1) is 32.0 Å². The monoisotopic (exact) mass is 461 g/mol. The van der Waals surface area contributed by atoms with Gasteiger partial charge < -0.3 is 24.6 Å². The van der Waals surface area contributed by atoms with E-state index < -0.39 is 6.10 Å². The number of fused-ring (bicyclic) bond motifs is 1. The van der Waals surface area contributed by atoms with Crippen LogP contribution in [-0.2, 0) is 27.4 Å². The van der Waals surface area contributed by atoms with Crippen molar-refractivity contribution in [3.05, 3.63) is 77.0 Å². The van der Waals surface area contributed by atoms with Crippen LogP contribution in [0.1, 0.15) is 33.3 Å². The van der Waals surface area contributed by atoms with Gasteiger partial charge in [0.15, 0.2) is 11.9 Å². The summed E-state index contributed by atoms with van der Waals surface area (Å²) in [6.07, 6.45) is -0.679. The van der Waals surface area contributed by atoms with Crippen molar-refractivity contribution in [2.75, 3.05) is 43.6 Å². The van der Waals surface area contributed by atoms with Crippen LogP contribution in [0.3, 0.4) is 0 Å². The summed E-state index contributed by atoms with van der Waals surface area (Å²) in [5.41, 5.74) is 4.05. The van der Waals surface area contributed by atoms with E-state index in [9.17, 15) is 9.59 Å². The van der Waals surface area contributed by atoms with Gasteiger partial charge in [0, 0.05) is 37.0 Å². The number of methoxy groups -OCH3 is 1. The molecule has 0 saturated carbocycles. The summed E-state index contributed by atoms with van der Waals surface area (Å²) < 4.78 is 10.9. The van der Waals surface area contributed by atoms with Crippen LogP contribution < -0.4 is 10.2 Å². The Kier molecular flexibility index (Phi) is 6.29. The van der Waals surface area contributed by atoms with Crippen molar-refractivity contribution in [1.82, 2.24) is 15.1 Å². The SMILES string of the molecule is CO[C@@H](C(=O)N1Cc2[nH]nc(NC(=O)c3ccc(N4CCOCC4)cc3)c2C1)c1ccccc1. The van der Waals surface area contributed by atoms with Crippen molar-refractivity contribution in [1.29, 1.82) is 0 Å². The minimum atomic E-state index is -0.679. The van der Waals surface area contributed by atoms with Crippen LogP contribution in [-0.4, -0.2) is 60.3 Å². The second kappa shape index (κ2) is 9.66. The molecule has 0 bridgehead atoms. The molecule has 34 heavy (non-hydrogen) atoms. The van der Waals surface area contributed by atoms with E-state index in [-0.39, 0.29) is 11.8 Å². The average Bonchev–Trinajstić information content (AvgIpc) is 3.48. The topological polar surface area (TPSA) is 99.8 Å². The molecule has 2 aliphatic rings. The molecule has 1 aromatic heterocycles. The Balaban J connectivity index is 1.24. The average molecular weight is 462 g/mol. The molecule has 3 aromatic rings. The van der Waals surface area contributed by atoms with Crippen LogP contribution in [0.5, 0.6) is 0 Å². The lowest BCUT2D eigenvalue weighted by molar-refractivity contribution is -0.143. The summed E-state index contributed by atoms with van der Waals surface area (Å²) in [5.74, 6) is 0.0715. The van der Waals surface area contributed by atoms with Crippen LogP contribution in [0.4, 0.5) is 11.5 Å². The number of anilines is 2. The first-order valence-electron chi connectivity index (χ1n) is 11.3. The maximum absolute atomic E-state index is 13.1. The second-order valence-electron chi connectivity index (χ2n) is 8.35. The number of carbonyl (C=O) groups is 2. The van der Waals surface area contributed by atoms with Crippen LogP contribution in [0.15, 0.2) is 54.6 Å². The Bertz CT molecular complexity index is 1160. The minimum absolute atomic E-state index is 0.130. The van der Waals surface area contributed by atoms with Crippen molar-refractivity contribution < 1.29 is 19.1 Å². The van der Waals surface area contributed by atoms with Gasteiger partial charge in [-0.2, -0.15) is 5.10 Å². The Morgan fingerprint density at radius 3 is 2.50 bits per heavy atom. The maximum Gasteiger partial charge on any atom is 0.256 e. The third kappa shape index (κ3) is 4.40. The van der Waals surface area contributed by atoms with E-state index in [1.807, 2.05) is 54.6 Å². The smallest absolute Gasteiger partial charge is 0.256 e. The number of rotatable bonds is 6. The zero-order valence-corrected chi connectivity index (χ0v) is 19.0. The fourth-order valence-electron chi connectivity index (χ4n) is 4.40. The van der Waals surface area contributed by atoms with Crippen LogP contribution in [0.2, 0.25) is 0 Å². The first kappa shape index (κ1) is 22.1. The zero-order valence-electron chi connectivity index (χ0n) is 19.0. The highest BCUT2D eigenvalue weighted by Crippen LogP contribution is 2.30. The van der Waals surface area contributed by atoms with Crippen LogP contribution in [0.25, 0.3) is 0 Å². The number of morpholine rings is 1. The number of hydrogen-bond donors (Lipinski definition) is 2. The predicted molar refractivity (Wildman–Crippen MR) is 126 cm³/mol. The molecule has 2 aromatic carbocycles. The Morgan fingerprint density at radius 2 is 1.79 bits per heavy atom. The van der Waals surface area contributed by atoms with E-state index in [0.29, 0.717) is 37.7 Å². The van der Waals surface area contributed by atoms with Crippen molar-refractivity contribution in [2.24, 2.45) is 0 Å². The van der Waals surface area contributed by atoms with Crippen molar-refractivity contribution in [2.45, 2.75) is 19.2 Å². The molecule has 9 nitrogen and oxygen atoms in total. The molecule has 9 heteroatoms. The molecule has 1 saturated heterocycles. The number of ether oxygens (including phenoxy) is 2. The lowest BCUT2D eigenvalue weighted by Gasteiger charge is -2.28. The molecular weight excluding hydrogens is 434 g/mol. The first-order valence-corrected chi connectivity index (χ1v) is 11.3. The molecule has 0 spiro atoms. The van der Waals surface area contributed by atoms with Crippen molar-refractivity contribution in [3.63, 3.8) is 0 Å². The molecule has 0 unspecified atom stereocenters. The van der Waals surface area contributed by atoms with Gasteiger partial charge in [-0.25, -0.2) is 0 Å². The number of benzene rings is 2. The highest BCUT2D eigenvalue weighted by molar-refractivity contribution is 6.04. The van der Waals surface area contributed by atoms with Gasteiger partial charge in [-0.1, -0.05) is 30.3 Å². The van der Waals surface area contributed by atoms with Crippen LogP contribution >= 0.6 is 0 Å². The summed E-state index contributed by atoms with van der Waals surface area (Å²) in [6, 6.07) is 16.9.